The summed E-state index contributed by atoms with van der Waals surface area (Å²) >= 11 is 0. The lowest BCUT2D eigenvalue weighted by Crippen LogP contribution is -2.18. The van der Waals surface area contributed by atoms with E-state index in [2.05, 4.69) is 10.1 Å². The molecule has 0 radical (unpaired) electrons. The SMILES string of the molecule is CC(C)C(N)c1noc(C2Cc3ccccc3O2)n1. The molecule has 2 unspecified atom stereocenters. The predicted molar refractivity (Wildman–Crippen MR) is 69.6 cm³/mol. The third-order valence-electron chi connectivity index (χ3n) is 3.40. The molecule has 5 heteroatoms. The van der Waals surface area contributed by atoms with Gasteiger partial charge in [0.1, 0.15) is 5.75 Å². The lowest BCUT2D eigenvalue weighted by atomic mass is 10.1. The molecule has 100 valence electrons. The van der Waals surface area contributed by atoms with Gasteiger partial charge in [-0.2, -0.15) is 4.98 Å². The van der Waals surface area contributed by atoms with E-state index in [9.17, 15) is 0 Å². The number of fused-ring (bicyclic) bond motifs is 1. The summed E-state index contributed by atoms with van der Waals surface area (Å²) in [5, 5.41) is 3.95. The molecule has 1 aromatic heterocycles. The van der Waals surface area contributed by atoms with Gasteiger partial charge in [-0.1, -0.05) is 37.2 Å². The Morgan fingerprint density at radius 3 is 2.84 bits per heavy atom. The van der Waals surface area contributed by atoms with E-state index in [4.69, 9.17) is 15.0 Å². The Morgan fingerprint density at radius 2 is 2.11 bits per heavy atom. The number of nitrogens with two attached hydrogens (primary N) is 1. The van der Waals surface area contributed by atoms with E-state index >= 15 is 0 Å². The van der Waals surface area contributed by atoms with Crippen molar-refractivity contribution in [1.82, 2.24) is 10.1 Å². The molecule has 0 bridgehead atoms. The highest BCUT2D eigenvalue weighted by atomic mass is 16.5. The van der Waals surface area contributed by atoms with Crippen molar-refractivity contribution in [2.75, 3.05) is 0 Å². The van der Waals surface area contributed by atoms with Crippen molar-refractivity contribution >= 4 is 0 Å². The molecule has 0 fully saturated rings. The van der Waals surface area contributed by atoms with Gasteiger partial charge < -0.3 is 15.0 Å². The van der Waals surface area contributed by atoms with Crippen LogP contribution in [0.25, 0.3) is 0 Å². The average Bonchev–Trinajstić information content (AvgIpc) is 3.03. The molecule has 0 spiro atoms. The van der Waals surface area contributed by atoms with Crippen LogP contribution in [0.5, 0.6) is 5.75 Å². The molecule has 0 aliphatic carbocycles. The summed E-state index contributed by atoms with van der Waals surface area (Å²) in [6, 6.07) is 7.74. The Bertz CT molecular complexity index is 555. The molecule has 19 heavy (non-hydrogen) atoms. The number of para-hydroxylation sites is 1. The minimum atomic E-state index is -0.207. The van der Waals surface area contributed by atoms with Crippen molar-refractivity contribution in [1.29, 1.82) is 0 Å². The third-order valence-corrected chi connectivity index (χ3v) is 3.40. The van der Waals surface area contributed by atoms with Crippen LogP contribution in [0.3, 0.4) is 0 Å². The maximum Gasteiger partial charge on any atom is 0.268 e. The summed E-state index contributed by atoms with van der Waals surface area (Å²) in [6.07, 6.45) is 0.562. The van der Waals surface area contributed by atoms with Crippen molar-refractivity contribution < 1.29 is 9.26 Å². The molecular weight excluding hydrogens is 242 g/mol. The fourth-order valence-electron chi connectivity index (χ4n) is 2.13. The quantitative estimate of drug-likeness (QED) is 0.916. The van der Waals surface area contributed by atoms with Crippen LogP contribution in [-0.2, 0) is 6.42 Å². The largest absolute Gasteiger partial charge is 0.480 e. The van der Waals surface area contributed by atoms with Gasteiger partial charge in [0.2, 0.25) is 0 Å². The Hall–Kier alpha value is -1.88. The summed E-state index contributed by atoms with van der Waals surface area (Å²) in [5.41, 5.74) is 7.18. The Morgan fingerprint density at radius 1 is 1.32 bits per heavy atom. The number of rotatable bonds is 3. The molecule has 0 amide bonds. The molecule has 5 nitrogen and oxygen atoms in total. The first-order valence-electron chi connectivity index (χ1n) is 6.49. The smallest absolute Gasteiger partial charge is 0.268 e. The third kappa shape index (κ3) is 2.21. The molecule has 0 saturated heterocycles. The van der Waals surface area contributed by atoms with Gasteiger partial charge in [-0.15, -0.1) is 0 Å². The van der Waals surface area contributed by atoms with E-state index in [0.29, 0.717) is 11.7 Å². The zero-order valence-corrected chi connectivity index (χ0v) is 11.0. The van der Waals surface area contributed by atoms with Crippen LogP contribution in [0.2, 0.25) is 0 Å². The van der Waals surface area contributed by atoms with Crippen molar-refractivity contribution in [3.05, 3.63) is 41.5 Å². The first-order chi connectivity index (χ1) is 9.15. The van der Waals surface area contributed by atoms with Crippen molar-refractivity contribution in [3.8, 4) is 5.75 Å². The fraction of sp³-hybridized carbons (Fsp3) is 0.429. The van der Waals surface area contributed by atoms with E-state index in [0.717, 1.165) is 12.2 Å². The number of aromatic nitrogens is 2. The first-order valence-corrected chi connectivity index (χ1v) is 6.49. The molecule has 1 aliphatic heterocycles. The van der Waals surface area contributed by atoms with E-state index in [1.807, 2.05) is 38.1 Å². The number of hydrogen-bond acceptors (Lipinski definition) is 5. The van der Waals surface area contributed by atoms with Crippen LogP contribution in [0.15, 0.2) is 28.8 Å². The molecule has 0 saturated carbocycles. The monoisotopic (exact) mass is 259 g/mol. The van der Waals surface area contributed by atoms with Gasteiger partial charge in [0.25, 0.3) is 5.89 Å². The van der Waals surface area contributed by atoms with Gasteiger partial charge in [0.05, 0.1) is 6.04 Å². The van der Waals surface area contributed by atoms with Crippen LogP contribution in [0.1, 0.15) is 43.3 Å². The minimum absolute atomic E-state index is 0.196. The zero-order valence-electron chi connectivity index (χ0n) is 11.0. The van der Waals surface area contributed by atoms with Crippen LogP contribution < -0.4 is 10.5 Å². The summed E-state index contributed by atoms with van der Waals surface area (Å²) in [4.78, 5) is 4.37. The summed E-state index contributed by atoms with van der Waals surface area (Å²) < 4.78 is 11.1. The second kappa shape index (κ2) is 4.66. The maximum absolute atomic E-state index is 6.01. The lowest BCUT2D eigenvalue weighted by molar-refractivity contribution is 0.183. The zero-order chi connectivity index (χ0) is 13.4. The van der Waals surface area contributed by atoms with Crippen LogP contribution >= 0.6 is 0 Å². The Labute approximate surface area is 111 Å². The van der Waals surface area contributed by atoms with Gasteiger partial charge in [0, 0.05) is 6.42 Å². The normalized spacial score (nSPS) is 19.3. The van der Waals surface area contributed by atoms with Crippen molar-refractivity contribution in [2.45, 2.75) is 32.4 Å². The highest BCUT2D eigenvalue weighted by Gasteiger charge is 2.29. The van der Waals surface area contributed by atoms with Crippen molar-refractivity contribution in [2.24, 2.45) is 11.7 Å². The molecule has 2 atom stereocenters. The summed E-state index contributed by atoms with van der Waals surface area (Å²) in [6.45, 7) is 4.06. The predicted octanol–water partition coefficient (Wildman–Crippen LogP) is 2.40. The van der Waals surface area contributed by atoms with Gasteiger partial charge in [-0.25, -0.2) is 0 Å². The number of benzene rings is 1. The standard InChI is InChI=1S/C14H17N3O2/c1-8(2)12(15)13-16-14(19-17-13)11-7-9-5-3-4-6-10(9)18-11/h3-6,8,11-12H,7,15H2,1-2H3. The highest BCUT2D eigenvalue weighted by Crippen LogP contribution is 2.35. The fourth-order valence-corrected chi connectivity index (χ4v) is 2.13. The van der Waals surface area contributed by atoms with Crippen molar-refractivity contribution in [3.63, 3.8) is 0 Å². The van der Waals surface area contributed by atoms with E-state index in [1.165, 1.54) is 5.56 Å². The van der Waals surface area contributed by atoms with Gasteiger partial charge in [-0.3, -0.25) is 0 Å². The number of hydrogen-bond donors (Lipinski definition) is 1. The summed E-state index contributed by atoms with van der Waals surface area (Å²) in [7, 11) is 0. The van der Waals surface area contributed by atoms with Gasteiger partial charge >= 0.3 is 0 Å². The second-order valence-corrected chi connectivity index (χ2v) is 5.18. The molecule has 1 aliphatic rings. The maximum atomic E-state index is 6.01. The molecule has 2 heterocycles. The van der Waals surface area contributed by atoms with E-state index in [1.54, 1.807) is 0 Å². The van der Waals surface area contributed by atoms with Gasteiger partial charge in [-0.05, 0) is 17.5 Å². The lowest BCUT2D eigenvalue weighted by Gasteiger charge is -2.09. The Kier molecular flexibility index (Phi) is 2.98. The molecule has 2 N–H and O–H groups in total. The van der Waals surface area contributed by atoms with Crippen LogP contribution in [0.4, 0.5) is 0 Å². The number of nitrogens with zero attached hydrogens (tertiary/aromatic N) is 2. The molecule has 3 rings (SSSR count). The van der Waals surface area contributed by atoms with E-state index < -0.39 is 0 Å². The van der Waals surface area contributed by atoms with E-state index in [-0.39, 0.29) is 18.1 Å². The summed E-state index contributed by atoms with van der Waals surface area (Å²) in [5.74, 6) is 2.21. The highest BCUT2D eigenvalue weighted by molar-refractivity contribution is 5.37. The molecule has 2 aromatic rings. The van der Waals surface area contributed by atoms with Crippen LogP contribution in [0, 0.1) is 5.92 Å². The first kappa shape index (κ1) is 12.2. The second-order valence-electron chi connectivity index (χ2n) is 5.18. The molecule has 1 aromatic carbocycles. The van der Waals surface area contributed by atoms with Gasteiger partial charge in [0.15, 0.2) is 11.9 Å². The minimum Gasteiger partial charge on any atom is -0.480 e. The molecular formula is C14H17N3O2. The number of ether oxygens (including phenoxy) is 1. The van der Waals surface area contributed by atoms with Crippen LogP contribution in [-0.4, -0.2) is 10.1 Å². The topological polar surface area (TPSA) is 74.2 Å². The Balaban J connectivity index is 1.79. The average molecular weight is 259 g/mol.